The first-order valence-electron chi connectivity index (χ1n) is 5.41. The van der Waals surface area contributed by atoms with Crippen LogP contribution in [-0.4, -0.2) is 18.1 Å². The van der Waals surface area contributed by atoms with Gasteiger partial charge >= 0.3 is 5.97 Å². The summed E-state index contributed by atoms with van der Waals surface area (Å²) in [6, 6.07) is 8.36. The number of hydrogen-bond donors (Lipinski definition) is 0. The molecule has 94 valence electrons. The Labute approximate surface area is 114 Å². The molecule has 1 heterocycles. The number of rotatable bonds is 4. The summed E-state index contributed by atoms with van der Waals surface area (Å²) in [5.74, 6) is 0.448. The quantitative estimate of drug-likeness (QED) is 0.634. The number of carbonyl (C=O) groups excluding carboxylic acids is 1. The highest BCUT2D eigenvalue weighted by atomic mass is 32.2. The second kappa shape index (κ2) is 6.02. The standard InChI is InChI=1S/C13H13NO2S2/c1-9-3-5-10(6-4-9)17-8-12-14-7-11(18-12)13(15)16-2/h3-7H,8H2,1-2H3. The number of benzene rings is 1. The van der Waals surface area contributed by atoms with E-state index < -0.39 is 0 Å². The summed E-state index contributed by atoms with van der Waals surface area (Å²) in [4.78, 5) is 17.3. The molecule has 0 saturated carbocycles. The highest BCUT2D eigenvalue weighted by molar-refractivity contribution is 7.98. The minimum absolute atomic E-state index is 0.320. The Bertz CT molecular complexity index is 534. The third kappa shape index (κ3) is 3.34. The number of ether oxygens (including phenoxy) is 1. The Balaban J connectivity index is 1.96. The Morgan fingerprint density at radius 1 is 1.39 bits per heavy atom. The summed E-state index contributed by atoms with van der Waals surface area (Å²) in [6.07, 6.45) is 1.57. The number of hydrogen-bond acceptors (Lipinski definition) is 5. The van der Waals surface area contributed by atoms with Gasteiger partial charge in [-0.1, -0.05) is 17.7 Å². The Morgan fingerprint density at radius 2 is 2.11 bits per heavy atom. The number of esters is 1. The van der Waals surface area contributed by atoms with Crippen LogP contribution in [0.4, 0.5) is 0 Å². The van der Waals surface area contributed by atoms with Gasteiger partial charge in [0, 0.05) is 4.90 Å². The molecule has 0 unspecified atom stereocenters. The van der Waals surface area contributed by atoms with Crippen molar-refractivity contribution in [1.82, 2.24) is 4.98 Å². The largest absolute Gasteiger partial charge is 0.465 e. The molecule has 2 aromatic rings. The summed E-state index contributed by atoms with van der Waals surface area (Å²) in [5, 5.41) is 0.931. The molecule has 0 spiro atoms. The van der Waals surface area contributed by atoms with Crippen molar-refractivity contribution >= 4 is 29.1 Å². The Kier molecular flexibility index (Phi) is 4.38. The van der Waals surface area contributed by atoms with E-state index in [0.717, 1.165) is 10.8 Å². The minimum atomic E-state index is -0.320. The molecule has 0 aliphatic heterocycles. The fourth-order valence-corrected chi connectivity index (χ4v) is 3.09. The van der Waals surface area contributed by atoms with Gasteiger partial charge in [0.25, 0.3) is 0 Å². The fraction of sp³-hybridized carbons (Fsp3) is 0.231. The van der Waals surface area contributed by atoms with Gasteiger partial charge in [-0.05, 0) is 19.1 Å². The van der Waals surface area contributed by atoms with Crippen LogP contribution in [0.1, 0.15) is 20.2 Å². The first-order chi connectivity index (χ1) is 8.69. The van der Waals surface area contributed by atoms with E-state index in [0.29, 0.717) is 4.88 Å². The lowest BCUT2D eigenvalue weighted by molar-refractivity contribution is 0.0606. The van der Waals surface area contributed by atoms with E-state index >= 15 is 0 Å². The number of aryl methyl sites for hydroxylation is 1. The number of nitrogens with zero attached hydrogens (tertiary/aromatic N) is 1. The van der Waals surface area contributed by atoms with Gasteiger partial charge in [-0.15, -0.1) is 23.1 Å². The van der Waals surface area contributed by atoms with E-state index in [2.05, 4.69) is 40.9 Å². The van der Waals surface area contributed by atoms with Gasteiger partial charge in [0.15, 0.2) is 0 Å². The average Bonchev–Trinajstić information content (AvgIpc) is 2.86. The van der Waals surface area contributed by atoms with Gasteiger partial charge < -0.3 is 4.74 Å². The van der Waals surface area contributed by atoms with Crippen LogP contribution in [0, 0.1) is 6.92 Å². The van der Waals surface area contributed by atoms with Crippen LogP contribution in [0.25, 0.3) is 0 Å². The maximum absolute atomic E-state index is 11.3. The molecule has 5 heteroatoms. The Morgan fingerprint density at radius 3 is 2.78 bits per heavy atom. The maximum atomic E-state index is 11.3. The summed E-state index contributed by atoms with van der Waals surface area (Å²) in [5.41, 5.74) is 1.25. The molecular formula is C13H13NO2S2. The molecule has 0 aliphatic rings. The van der Waals surface area contributed by atoms with Crippen molar-refractivity contribution in [3.05, 3.63) is 45.9 Å². The molecule has 0 saturated heterocycles. The van der Waals surface area contributed by atoms with Crippen LogP contribution in [0.2, 0.25) is 0 Å². The van der Waals surface area contributed by atoms with Crippen molar-refractivity contribution in [1.29, 1.82) is 0 Å². The zero-order chi connectivity index (χ0) is 13.0. The first-order valence-corrected chi connectivity index (χ1v) is 7.22. The van der Waals surface area contributed by atoms with E-state index in [1.807, 2.05) is 0 Å². The normalized spacial score (nSPS) is 10.3. The van der Waals surface area contributed by atoms with Crippen molar-refractivity contribution in [2.45, 2.75) is 17.6 Å². The number of methoxy groups -OCH3 is 1. The highest BCUT2D eigenvalue weighted by Crippen LogP contribution is 2.25. The van der Waals surface area contributed by atoms with E-state index in [1.54, 1.807) is 18.0 Å². The topological polar surface area (TPSA) is 39.2 Å². The molecule has 0 N–H and O–H groups in total. The van der Waals surface area contributed by atoms with Crippen LogP contribution >= 0.6 is 23.1 Å². The predicted octanol–water partition coefficient (Wildman–Crippen LogP) is 3.53. The van der Waals surface area contributed by atoms with Gasteiger partial charge in [0.05, 0.1) is 19.1 Å². The molecule has 1 aromatic carbocycles. The van der Waals surface area contributed by atoms with Crippen LogP contribution in [0.15, 0.2) is 35.4 Å². The first kappa shape index (κ1) is 13.1. The van der Waals surface area contributed by atoms with Gasteiger partial charge in [0.1, 0.15) is 9.88 Å². The summed E-state index contributed by atoms with van der Waals surface area (Å²) < 4.78 is 4.65. The van der Waals surface area contributed by atoms with Crippen molar-refractivity contribution < 1.29 is 9.53 Å². The molecule has 1 aromatic heterocycles. The number of thiazole rings is 1. The molecular weight excluding hydrogens is 266 g/mol. The van der Waals surface area contributed by atoms with Gasteiger partial charge in [-0.3, -0.25) is 0 Å². The lowest BCUT2D eigenvalue weighted by atomic mass is 10.2. The Hall–Kier alpha value is -1.33. The summed E-state index contributed by atoms with van der Waals surface area (Å²) in [6.45, 7) is 2.07. The predicted molar refractivity (Wildman–Crippen MR) is 74.2 cm³/mol. The van der Waals surface area contributed by atoms with E-state index in [4.69, 9.17) is 0 Å². The number of aromatic nitrogens is 1. The third-order valence-corrected chi connectivity index (χ3v) is 4.51. The fourth-order valence-electron chi connectivity index (χ4n) is 1.35. The van der Waals surface area contributed by atoms with Crippen molar-refractivity contribution in [2.75, 3.05) is 7.11 Å². The van der Waals surface area contributed by atoms with Crippen LogP contribution in [0.5, 0.6) is 0 Å². The van der Waals surface area contributed by atoms with Crippen molar-refractivity contribution in [3.63, 3.8) is 0 Å². The summed E-state index contributed by atoms with van der Waals surface area (Å²) >= 11 is 3.09. The van der Waals surface area contributed by atoms with Crippen LogP contribution < -0.4 is 0 Å². The molecule has 0 aliphatic carbocycles. The SMILES string of the molecule is COC(=O)c1cnc(CSc2ccc(C)cc2)s1. The van der Waals surface area contributed by atoms with Crippen molar-refractivity contribution in [2.24, 2.45) is 0 Å². The molecule has 2 rings (SSSR count). The van der Waals surface area contributed by atoms with E-state index in [1.165, 1.54) is 28.9 Å². The molecule has 0 amide bonds. The number of carbonyl (C=O) groups is 1. The second-order valence-electron chi connectivity index (χ2n) is 3.71. The minimum Gasteiger partial charge on any atom is -0.465 e. The lowest BCUT2D eigenvalue weighted by Gasteiger charge is -1.99. The average molecular weight is 279 g/mol. The van der Waals surface area contributed by atoms with E-state index in [-0.39, 0.29) is 5.97 Å². The zero-order valence-corrected chi connectivity index (χ0v) is 11.8. The molecule has 0 bridgehead atoms. The van der Waals surface area contributed by atoms with Gasteiger partial charge in [-0.2, -0.15) is 0 Å². The summed E-state index contributed by atoms with van der Waals surface area (Å²) in [7, 11) is 1.38. The number of thioether (sulfide) groups is 1. The smallest absolute Gasteiger partial charge is 0.349 e. The molecule has 0 atom stereocenters. The van der Waals surface area contributed by atoms with E-state index in [9.17, 15) is 4.79 Å². The third-order valence-electron chi connectivity index (χ3n) is 2.32. The van der Waals surface area contributed by atoms with Crippen LogP contribution in [0.3, 0.4) is 0 Å². The molecule has 18 heavy (non-hydrogen) atoms. The monoisotopic (exact) mass is 279 g/mol. The molecule has 0 radical (unpaired) electrons. The second-order valence-corrected chi connectivity index (χ2v) is 5.88. The molecule has 3 nitrogen and oxygen atoms in total. The lowest BCUT2D eigenvalue weighted by Crippen LogP contribution is -1.96. The van der Waals surface area contributed by atoms with Crippen molar-refractivity contribution in [3.8, 4) is 0 Å². The highest BCUT2D eigenvalue weighted by Gasteiger charge is 2.10. The van der Waals surface area contributed by atoms with Gasteiger partial charge in [0.2, 0.25) is 0 Å². The maximum Gasteiger partial charge on any atom is 0.349 e. The van der Waals surface area contributed by atoms with Crippen LogP contribution in [-0.2, 0) is 10.5 Å². The van der Waals surface area contributed by atoms with Gasteiger partial charge in [-0.25, -0.2) is 9.78 Å². The zero-order valence-electron chi connectivity index (χ0n) is 10.2. The molecule has 0 fully saturated rings.